The van der Waals surface area contributed by atoms with E-state index >= 15 is 0 Å². The number of likely N-dealkylation sites (tertiary alicyclic amines) is 1. The van der Waals surface area contributed by atoms with Crippen molar-refractivity contribution in [1.82, 2.24) is 15.2 Å². The second-order valence-electron chi connectivity index (χ2n) is 6.04. The molecule has 23 heavy (non-hydrogen) atoms. The van der Waals surface area contributed by atoms with Crippen LogP contribution in [0.4, 0.5) is 0 Å². The van der Waals surface area contributed by atoms with Crippen LogP contribution in [0.15, 0.2) is 24.3 Å². The number of carbonyl (C=O) groups is 2. The standard InChI is InChI=1S/C17H21N3O2S/c1-11(17-19-13-6-3-4-8-15(13)23-17)10-18-16(22)14-7-5-9-20(14)12(2)21/h3-4,6,8,11,14H,5,7,9-10H2,1-2H3,(H,18,22). The third-order valence-corrected chi connectivity index (χ3v) is 5.54. The number of nitrogens with zero attached hydrogens (tertiary/aromatic N) is 2. The van der Waals surface area contributed by atoms with Gasteiger partial charge in [0.15, 0.2) is 0 Å². The quantitative estimate of drug-likeness (QED) is 0.936. The summed E-state index contributed by atoms with van der Waals surface area (Å²) in [6.07, 6.45) is 1.64. The molecule has 122 valence electrons. The van der Waals surface area contributed by atoms with Crippen LogP contribution in [0.3, 0.4) is 0 Å². The summed E-state index contributed by atoms with van der Waals surface area (Å²) in [5.41, 5.74) is 1.00. The van der Waals surface area contributed by atoms with Gasteiger partial charge < -0.3 is 10.2 Å². The SMILES string of the molecule is CC(=O)N1CCCC1C(=O)NCC(C)c1nc2ccccc2s1. The van der Waals surface area contributed by atoms with Gasteiger partial charge in [-0.25, -0.2) is 4.98 Å². The number of amides is 2. The molecule has 0 spiro atoms. The Kier molecular flexibility index (Phi) is 4.61. The fraction of sp³-hybridized carbons (Fsp3) is 0.471. The lowest BCUT2D eigenvalue weighted by atomic mass is 10.1. The maximum Gasteiger partial charge on any atom is 0.242 e. The molecule has 0 radical (unpaired) electrons. The van der Waals surface area contributed by atoms with Gasteiger partial charge in [-0.15, -0.1) is 11.3 Å². The molecule has 2 unspecified atom stereocenters. The summed E-state index contributed by atoms with van der Waals surface area (Å²) < 4.78 is 1.17. The minimum absolute atomic E-state index is 0.0260. The second-order valence-corrected chi connectivity index (χ2v) is 7.10. The van der Waals surface area contributed by atoms with Crippen LogP contribution < -0.4 is 5.32 Å². The molecule has 1 aliphatic rings. The highest BCUT2D eigenvalue weighted by Crippen LogP contribution is 2.27. The first kappa shape index (κ1) is 15.9. The van der Waals surface area contributed by atoms with Gasteiger partial charge >= 0.3 is 0 Å². The molecule has 1 aliphatic heterocycles. The minimum Gasteiger partial charge on any atom is -0.354 e. The third kappa shape index (κ3) is 3.37. The molecular weight excluding hydrogens is 310 g/mol. The number of fused-ring (bicyclic) bond motifs is 1. The molecule has 2 atom stereocenters. The monoisotopic (exact) mass is 331 g/mol. The molecule has 1 fully saturated rings. The zero-order chi connectivity index (χ0) is 16.4. The number of nitrogens with one attached hydrogen (secondary N) is 1. The van der Waals surface area contributed by atoms with E-state index in [0.717, 1.165) is 23.4 Å². The molecule has 0 saturated carbocycles. The first-order valence-electron chi connectivity index (χ1n) is 7.96. The smallest absolute Gasteiger partial charge is 0.242 e. The van der Waals surface area contributed by atoms with Crippen LogP contribution in [0.25, 0.3) is 10.2 Å². The Morgan fingerprint density at radius 2 is 2.22 bits per heavy atom. The molecule has 3 rings (SSSR count). The highest BCUT2D eigenvalue weighted by molar-refractivity contribution is 7.18. The van der Waals surface area contributed by atoms with Gasteiger partial charge in [-0.3, -0.25) is 9.59 Å². The Bertz CT molecular complexity index is 694. The molecule has 1 saturated heterocycles. The zero-order valence-electron chi connectivity index (χ0n) is 13.4. The van der Waals surface area contributed by atoms with Gasteiger partial charge in [0, 0.05) is 25.9 Å². The molecule has 1 N–H and O–H groups in total. The number of thiazole rings is 1. The number of hydrogen-bond acceptors (Lipinski definition) is 4. The zero-order valence-corrected chi connectivity index (χ0v) is 14.2. The largest absolute Gasteiger partial charge is 0.354 e. The Morgan fingerprint density at radius 3 is 2.96 bits per heavy atom. The van der Waals surface area contributed by atoms with E-state index in [1.54, 1.807) is 16.2 Å². The Hall–Kier alpha value is -1.95. The van der Waals surface area contributed by atoms with Crippen LogP contribution in [-0.4, -0.2) is 40.8 Å². The summed E-state index contributed by atoms with van der Waals surface area (Å²) in [6, 6.07) is 7.74. The van der Waals surface area contributed by atoms with Crippen molar-refractivity contribution in [1.29, 1.82) is 0 Å². The Labute approximate surface area is 139 Å². The molecule has 2 amide bonds. The molecule has 2 aromatic rings. The summed E-state index contributed by atoms with van der Waals surface area (Å²) in [5, 5.41) is 4.01. The van der Waals surface area contributed by atoms with Crippen molar-refractivity contribution in [2.45, 2.75) is 38.6 Å². The van der Waals surface area contributed by atoms with E-state index in [4.69, 9.17) is 0 Å². The molecule has 0 aliphatic carbocycles. The minimum atomic E-state index is -0.310. The van der Waals surface area contributed by atoms with Crippen molar-refractivity contribution in [2.75, 3.05) is 13.1 Å². The van der Waals surface area contributed by atoms with Gasteiger partial charge in [0.05, 0.1) is 15.2 Å². The predicted octanol–water partition coefficient (Wildman–Crippen LogP) is 2.53. The molecule has 1 aromatic heterocycles. The summed E-state index contributed by atoms with van der Waals surface area (Å²) in [7, 11) is 0. The fourth-order valence-electron chi connectivity index (χ4n) is 2.98. The van der Waals surface area contributed by atoms with Crippen LogP contribution in [0.2, 0.25) is 0 Å². The van der Waals surface area contributed by atoms with Crippen molar-refractivity contribution in [3.8, 4) is 0 Å². The molecule has 5 nitrogen and oxygen atoms in total. The lowest BCUT2D eigenvalue weighted by molar-refractivity contribution is -0.136. The van der Waals surface area contributed by atoms with E-state index in [1.165, 1.54) is 11.6 Å². The number of carbonyl (C=O) groups excluding carboxylic acids is 2. The van der Waals surface area contributed by atoms with Crippen LogP contribution in [-0.2, 0) is 9.59 Å². The molecular formula is C17H21N3O2S. The van der Waals surface area contributed by atoms with E-state index in [0.29, 0.717) is 13.1 Å². The van der Waals surface area contributed by atoms with Gasteiger partial charge in [-0.05, 0) is 25.0 Å². The molecule has 0 bridgehead atoms. The summed E-state index contributed by atoms with van der Waals surface area (Å²) in [5.74, 6) is 0.0797. The molecule has 1 aromatic carbocycles. The molecule has 2 heterocycles. The van der Waals surface area contributed by atoms with E-state index < -0.39 is 0 Å². The van der Waals surface area contributed by atoms with Gasteiger partial charge in [-0.2, -0.15) is 0 Å². The summed E-state index contributed by atoms with van der Waals surface area (Å²) in [4.78, 5) is 30.2. The van der Waals surface area contributed by atoms with E-state index in [1.807, 2.05) is 18.2 Å². The number of hydrogen-bond donors (Lipinski definition) is 1. The van der Waals surface area contributed by atoms with Gasteiger partial charge in [-0.1, -0.05) is 19.1 Å². The predicted molar refractivity (Wildman–Crippen MR) is 91.5 cm³/mol. The van der Waals surface area contributed by atoms with Crippen LogP contribution >= 0.6 is 11.3 Å². The maximum atomic E-state index is 12.3. The van der Waals surface area contributed by atoms with Gasteiger partial charge in [0.2, 0.25) is 11.8 Å². The average molecular weight is 331 g/mol. The van der Waals surface area contributed by atoms with E-state index in [9.17, 15) is 9.59 Å². The van der Waals surface area contributed by atoms with Gasteiger partial charge in [0.25, 0.3) is 0 Å². The average Bonchev–Trinajstić information content (AvgIpc) is 3.18. The number of para-hydroxylation sites is 1. The van der Waals surface area contributed by atoms with Crippen molar-refractivity contribution in [3.63, 3.8) is 0 Å². The molecule has 6 heteroatoms. The van der Waals surface area contributed by atoms with Crippen molar-refractivity contribution < 1.29 is 9.59 Å². The maximum absolute atomic E-state index is 12.3. The van der Waals surface area contributed by atoms with Crippen LogP contribution in [0.1, 0.15) is 37.6 Å². The summed E-state index contributed by atoms with van der Waals surface area (Å²) in [6.45, 7) is 4.81. The lowest BCUT2D eigenvalue weighted by Gasteiger charge is -2.23. The van der Waals surface area contributed by atoms with Gasteiger partial charge in [0.1, 0.15) is 6.04 Å². The summed E-state index contributed by atoms with van der Waals surface area (Å²) >= 11 is 1.67. The van der Waals surface area contributed by atoms with E-state index in [2.05, 4.69) is 23.3 Å². The topological polar surface area (TPSA) is 62.3 Å². The van der Waals surface area contributed by atoms with Crippen molar-refractivity contribution >= 4 is 33.4 Å². The normalized spacial score (nSPS) is 19.0. The number of aromatic nitrogens is 1. The first-order chi connectivity index (χ1) is 11.1. The van der Waals surface area contributed by atoms with Crippen molar-refractivity contribution in [2.24, 2.45) is 0 Å². The van der Waals surface area contributed by atoms with Crippen LogP contribution in [0, 0.1) is 0 Å². The number of rotatable bonds is 4. The Morgan fingerprint density at radius 1 is 1.43 bits per heavy atom. The lowest BCUT2D eigenvalue weighted by Crippen LogP contribution is -2.45. The van der Waals surface area contributed by atoms with Crippen LogP contribution in [0.5, 0.6) is 0 Å². The van der Waals surface area contributed by atoms with E-state index in [-0.39, 0.29) is 23.8 Å². The number of benzene rings is 1. The first-order valence-corrected chi connectivity index (χ1v) is 8.78. The second kappa shape index (κ2) is 6.66. The fourth-order valence-corrected chi connectivity index (χ4v) is 3.99. The Balaban J connectivity index is 1.61. The van der Waals surface area contributed by atoms with Crippen molar-refractivity contribution in [3.05, 3.63) is 29.3 Å². The highest BCUT2D eigenvalue weighted by Gasteiger charge is 2.32. The third-order valence-electron chi connectivity index (χ3n) is 4.27. The highest BCUT2D eigenvalue weighted by atomic mass is 32.1.